The summed E-state index contributed by atoms with van der Waals surface area (Å²) in [6.07, 6.45) is 51.0. The first-order chi connectivity index (χ1) is 25.5. The highest BCUT2D eigenvalue weighted by molar-refractivity contribution is 5.72. The molecule has 0 aliphatic carbocycles. The number of hydrogen-bond acceptors (Lipinski definition) is 3. The van der Waals surface area contributed by atoms with E-state index >= 15 is 0 Å². The SMILES string of the molecule is CCCCCCCCCCCCCC(=O)O.CCCCCCCCCCCCOC(=O)C(CCCCCCCC)CCCCCCCCCCCC. The molecule has 0 saturated carbocycles. The number of ether oxygens (including phenoxy) is 1. The summed E-state index contributed by atoms with van der Waals surface area (Å²) in [4.78, 5) is 23.1. The number of carboxylic acids is 1. The number of rotatable bonds is 42. The van der Waals surface area contributed by atoms with Gasteiger partial charge in [-0.25, -0.2) is 0 Å². The van der Waals surface area contributed by atoms with Gasteiger partial charge in [0.1, 0.15) is 0 Å². The van der Waals surface area contributed by atoms with Crippen LogP contribution in [-0.4, -0.2) is 23.7 Å². The fraction of sp³-hybridized carbons (Fsp3) is 0.958. The normalized spacial score (nSPS) is 11.7. The zero-order valence-electron chi connectivity index (χ0n) is 36.2. The van der Waals surface area contributed by atoms with Crippen LogP contribution in [0.3, 0.4) is 0 Å². The predicted octanol–water partition coefficient (Wildman–Crippen LogP) is 16.9. The lowest BCUT2D eigenvalue weighted by Gasteiger charge is -2.16. The lowest BCUT2D eigenvalue weighted by atomic mass is 9.94. The van der Waals surface area contributed by atoms with Gasteiger partial charge in [-0.2, -0.15) is 0 Å². The summed E-state index contributed by atoms with van der Waals surface area (Å²) < 4.78 is 5.78. The molecule has 0 aromatic carbocycles. The molecule has 1 N–H and O–H groups in total. The van der Waals surface area contributed by atoms with Crippen LogP contribution in [0.5, 0.6) is 0 Å². The van der Waals surface area contributed by atoms with E-state index in [0.717, 1.165) is 32.1 Å². The highest BCUT2D eigenvalue weighted by atomic mass is 16.5. The smallest absolute Gasteiger partial charge is 0.308 e. The Hall–Kier alpha value is -1.06. The molecule has 1 atom stereocenters. The Kier molecular flexibility index (Phi) is 48.9. The number of carboxylic acid groups (broad SMARTS) is 1. The first kappa shape index (κ1) is 53.0. The molecule has 0 amide bonds. The van der Waals surface area contributed by atoms with Gasteiger partial charge in [0.15, 0.2) is 0 Å². The summed E-state index contributed by atoms with van der Waals surface area (Å²) in [5.74, 6) is -0.403. The Labute approximate surface area is 327 Å². The second-order valence-electron chi connectivity index (χ2n) is 16.3. The van der Waals surface area contributed by atoms with Crippen LogP contribution in [-0.2, 0) is 14.3 Å². The minimum absolute atomic E-state index is 0.107. The Balaban J connectivity index is 0. The maximum absolute atomic E-state index is 12.8. The van der Waals surface area contributed by atoms with Gasteiger partial charge in [0.25, 0.3) is 0 Å². The molecule has 0 aliphatic rings. The molecule has 1 unspecified atom stereocenters. The molecule has 0 bridgehead atoms. The van der Waals surface area contributed by atoms with Crippen LogP contribution in [0.4, 0.5) is 0 Å². The van der Waals surface area contributed by atoms with E-state index in [4.69, 9.17) is 9.84 Å². The molecule has 52 heavy (non-hydrogen) atoms. The van der Waals surface area contributed by atoms with Crippen molar-refractivity contribution in [3.8, 4) is 0 Å². The zero-order chi connectivity index (χ0) is 38.4. The Morgan fingerprint density at radius 2 is 0.615 bits per heavy atom. The fourth-order valence-electron chi connectivity index (χ4n) is 7.25. The molecule has 4 nitrogen and oxygen atoms in total. The standard InChI is InChI=1S/C34H68O2.C14H28O2/c1-4-7-10-13-16-18-20-22-25-28-31-33(30-27-24-15-12-9-6-3)34(35)36-32-29-26-23-21-19-17-14-11-8-5-2;1-2-3-4-5-6-7-8-9-10-11-12-13-14(15)16/h33H,4-32H2,1-3H3;2-13H2,1H3,(H,15,16). The molecule has 312 valence electrons. The molecule has 0 aromatic heterocycles. The maximum atomic E-state index is 12.8. The molecule has 0 aromatic rings. The maximum Gasteiger partial charge on any atom is 0.308 e. The van der Waals surface area contributed by atoms with E-state index in [1.165, 1.54) is 218 Å². The first-order valence-electron chi connectivity index (χ1n) is 23.9. The molecule has 0 radical (unpaired) electrons. The highest BCUT2D eigenvalue weighted by Crippen LogP contribution is 2.22. The van der Waals surface area contributed by atoms with Crippen molar-refractivity contribution in [2.75, 3.05) is 6.61 Å². The van der Waals surface area contributed by atoms with Crippen LogP contribution in [0.15, 0.2) is 0 Å². The number of hydrogen-bond donors (Lipinski definition) is 1. The summed E-state index contributed by atoms with van der Waals surface area (Å²) in [5, 5.41) is 8.46. The Morgan fingerprint density at radius 1 is 0.365 bits per heavy atom. The van der Waals surface area contributed by atoms with Crippen LogP contribution in [0.1, 0.15) is 285 Å². The Morgan fingerprint density at radius 3 is 0.904 bits per heavy atom. The van der Waals surface area contributed by atoms with E-state index < -0.39 is 5.97 Å². The van der Waals surface area contributed by atoms with Gasteiger partial charge < -0.3 is 9.84 Å². The Bertz CT molecular complexity index is 677. The van der Waals surface area contributed by atoms with E-state index in [-0.39, 0.29) is 11.9 Å². The van der Waals surface area contributed by atoms with Crippen LogP contribution in [0.25, 0.3) is 0 Å². The van der Waals surface area contributed by atoms with Crippen LogP contribution >= 0.6 is 0 Å². The molecule has 4 heteroatoms. The molecule has 0 saturated heterocycles. The van der Waals surface area contributed by atoms with Gasteiger partial charge in [-0.15, -0.1) is 0 Å². The van der Waals surface area contributed by atoms with E-state index in [1.54, 1.807) is 0 Å². The van der Waals surface area contributed by atoms with Crippen LogP contribution < -0.4 is 0 Å². The lowest BCUT2D eigenvalue weighted by Crippen LogP contribution is -2.18. The summed E-state index contributed by atoms with van der Waals surface area (Å²) in [6.45, 7) is 9.72. The summed E-state index contributed by atoms with van der Waals surface area (Å²) in [5.41, 5.74) is 0. The van der Waals surface area contributed by atoms with E-state index in [1.807, 2.05) is 0 Å². The number of unbranched alkanes of at least 4 members (excludes halogenated alkanes) is 33. The molecule has 0 fully saturated rings. The summed E-state index contributed by atoms with van der Waals surface area (Å²) in [7, 11) is 0. The summed E-state index contributed by atoms with van der Waals surface area (Å²) in [6, 6.07) is 0. The van der Waals surface area contributed by atoms with Gasteiger partial charge in [-0.1, -0.05) is 252 Å². The largest absolute Gasteiger partial charge is 0.481 e. The van der Waals surface area contributed by atoms with E-state index in [0.29, 0.717) is 13.0 Å². The monoisotopic (exact) mass is 737 g/mol. The first-order valence-corrected chi connectivity index (χ1v) is 23.9. The molecule has 0 aliphatic heterocycles. The van der Waals surface area contributed by atoms with Crippen LogP contribution in [0, 0.1) is 5.92 Å². The fourth-order valence-corrected chi connectivity index (χ4v) is 7.25. The van der Waals surface area contributed by atoms with E-state index in [9.17, 15) is 9.59 Å². The minimum Gasteiger partial charge on any atom is -0.481 e. The van der Waals surface area contributed by atoms with Crippen LogP contribution in [0.2, 0.25) is 0 Å². The molecule has 0 spiro atoms. The number of aliphatic carboxylic acids is 1. The average molecular weight is 737 g/mol. The number of esters is 1. The minimum atomic E-state index is -0.657. The quantitative estimate of drug-likeness (QED) is 0.0501. The van der Waals surface area contributed by atoms with Gasteiger partial charge in [0.2, 0.25) is 0 Å². The average Bonchev–Trinajstić information content (AvgIpc) is 3.14. The number of carbonyl (C=O) groups is 2. The number of carbonyl (C=O) groups excluding carboxylic acids is 1. The third-order valence-electron chi connectivity index (χ3n) is 10.9. The van der Waals surface area contributed by atoms with Crippen molar-refractivity contribution >= 4 is 11.9 Å². The molecular weight excluding hydrogens is 641 g/mol. The summed E-state index contributed by atoms with van der Waals surface area (Å²) >= 11 is 0. The van der Waals surface area contributed by atoms with Gasteiger partial charge in [0, 0.05) is 6.42 Å². The van der Waals surface area contributed by atoms with Crippen molar-refractivity contribution in [2.45, 2.75) is 285 Å². The van der Waals surface area contributed by atoms with Crippen molar-refractivity contribution in [3.63, 3.8) is 0 Å². The van der Waals surface area contributed by atoms with Crippen molar-refractivity contribution in [2.24, 2.45) is 5.92 Å². The zero-order valence-corrected chi connectivity index (χ0v) is 36.2. The van der Waals surface area contributed by atoms with E-state index in [2.05, 4.69) is 27.7 Å². The third kappa shape index (κ3) is 47.0. The highest BCUT2D eigenvalue weighted by Gasteiger charge is 2.19. The van der Waals surface area contributed by atoms with Crippen molar-refractivity contribution in [1.82, 2.24) is 0 Å². The molecule has 0 rings (SSSR count). The lowest BCUT2D eigenvalue weighted by molar-refractivity contribution is -0.149. The second-order valence-corrected chi connectivity index (χ2v) is 16.3. The van der Waals surface area contributed by atoms with Gasteiger partial charge >= 0.3 is 11.9 Å². The van der Waals surface area contributed by atoms with Gasteiger partial charge in [0.05, 0.1) is 12.5 Å². The molecule has 0 heterocycles. The van der Waals surface area contributed by atoms with Crippen molar-refractivity contribution in [3.05, 3.63) is 0 Å². The van der Waals surface area contributed by atoms with Crippen molar-refractivity contribution in [1.29, 1.82) is 0 Å². The topological polar surface area (TPSA) is 63.6 Å². The predicted molar refractivity (Wildman–Crippen MR) is 229 cm³/mol. The van der Waals surface area contributed by atoms with Gasteiger partial charge in [-0.05, 0) is 25.7 Å². The third-order valence-corrected chi connectivity index (χ3v) is 10.9. The van der Waals surface area contributed by atoms with Crippen molar-refractivity contribution < 1.29 is 19.4 Å². The second kappa shape index (κ2) is 48.0. The molecular formula is C48H96O4. The van der Waals surface area contributed by atoms with Gasteiger partial charge in [-0.3, -0.25) is 9.59 Å².